The van der Waals surface area contributed by atoms with E-state index in [4.69, 9.17) is 4.74 Å². The van der Waals surface area contributed by atoms with E-state index in [0.717, 1.165) is 38.2 Å². The Morgan fingerprint density at radius 1 is 0.804 bits per heavy atom. The van der Waals surface area contributed by atoms with Crippen molar-refractivity contribution in [1.82, 2.24) is 5.32 Å². The number of rotatable bonds is 11. The van der Waals surface area contributed by atoms with Crippen molar-refractivity contribution in [2.45, 2.75) is 45.2 Å². The van der Waals surface area contributed by atoms with Gasteiger partial charge in [0.15, 0.2) is 0 Å². The molecule has 0 radical (unpaired) electrons. The molecule has 0 saturated carbocycles. The molecule has 0 bridgehead atoms. The van der Waals surface area contributed by atoms with Gasteiger partial charge in [-0.25, -0.2) is 4.79 Å². The van der Waals surface area contributed by atoms with Gasteiger partial charge in [0.25, 0.3) is 5.91 Å². The van der Waals surface area contributed by atoms with E-state index in [2.05, 4.69) is 71.6 Å². The summed E-state index contributed by atoms with van der Waals surface area (Å²) in [5.41, 5.74) is 5.99. The molecule has 0 saturated heterocycles. The molecule has 5 aromatic rings. The van der Waals surface area contributed by atoms with Crippen LogP contribution in [-0.2, 0) is 23.2 Å². The molecule has 0 aromatic heterocycles. The highest BCUT2D eigenvalue weighted by Crippen LogP contribution is 2.33. The number of hydrogen-bond acceptors (Lipinski definition) is 4. The van der Waals surface area contributed by atoms with Gasteiger partial charge in [-0.2, -0.15) is 0 Å². The van der Waals surface area contributed by atoms with Gasteiger partial charge in [-0.1, -0.05) is 122 Å². The topological polar surface area (TPSA) is 87.7 Å². The Morgan fingerprint density at radius 3 is 2.13 bits per heavy atom. The predicted octanol–water partition coefficient (Wildman–Crippen LogP) is 9.24. The SMILES string of the molecule is CC(C)(C)c1ccc(CNc2ccc(Br)cc2C(=O)N[C@@H](Cc2ccc(-c3ccccc3Oc3ccccc3)cc2)C(=O)O)cc1. The second-order valence-corrected chi connectivity index (χ2v) is 13.1. The number of ether oxygens (including phenoxy) is 1. The molecule has 0 unspecified atom stereocenters. The Morgan fingerprint density at radius 2 is 1.46 bits per heavy atom. The molecular formula is C39H37BrN2O4. The van der Waals surface area contributed by atoms with Crippen molar-refractivity contribution in [1.29, 1.82) is 0 Å². The summed E-state index contributed by atoms with van der Waals surface area (Å²) < 4.78 is 6.84. The number of aliphatic carboxylic acids is 1. The quantitative estimate of drug-likeness (QED) is 0.130. The van der Waals surface area contributed by atoms with E-state index in [1.54, 1.807) is 6.07 Å². The van der Waals surface area contributed by atoms with Crippen molar-refractivity contribution in [3.05, 3.63) is 148 Å². The molecule has 0 aliphatic rings. The van der Waals surface area contributed by atoms with E-state index in [1.165, 1.54) is 5.56 Å². The number of carbonyl (C=O) groups is 2. The lowest BCUT2D eigenvalue weighted by Crippen LogP contribution is -2.42. The van der Waals surface area contributed by atoms with Crippen LogP contribution in [0.1, 0.15) is 47.8 Å². The largest absolute Gasteiger partial charge is 0.480 e. The number of hydrogen-bond donors (Lipinski definition) is 3. The van der Waals surface area contributed by atoms with Crippen molar-refractivity contribution in [3.8, 4) is 22.6 Å². The zero-order chi connectivity index (χ0) is 32.7. The van der Waals surface area contributed by atoms with Crippen LogP contribution in [0.15, 0.2) is 126 Å². The van der Waals surface area contributed by atoms with Crippen molar-refractivity contribution in [2.75, 3.05) is 5.32 Å². The van der Waals surface area contributed by atoms with Gasteiger partial charge in [0.05, 0.1) is 5.56 Å². The van der Waals surface area contributed by atoms with Crippen LogP contribution in [0.25, 0.3) is 11.1 Å². The third-order valence-corrected chi connectivity index (χ3v) is 8.19. The minimum Gasteiger partial charge on any atom is -0.480 e. The summed E-state index contributed by atoms with van der Waals surface area (Å²) in [5.74, 6) is -0.118. The summed E-state index contributed by atoms with van der Waals surface area (Å²) in [7, 11) is 0. The fraction of sp³-hybridized carbons (Fsp3) is 0.179. The Labute approximate surface area is 278 Å². The summed E-state index contributed by atoms with van der Waals surface area (Å²) in [6.45, 7) is 7.04. The smallest absolute Gasteiger partial charge is 0.326 e. The molecule has 0 fully saturated rings. The molecule has 3 N–H and O–H groups in total. The molecule has 234 valence electrons. The van der Waals surface area contributed by atoms with E-state index in [9.17, 15) is 14.7 Å². The number of nitrogens with one attached hydrogen (secondary N) is 2. The average Bonchev–Trinajstić information content (AvgIpc) is 3.04. The van der Waals surface area contributed by atoms with Gasteiger partial charge in [0.1, 0.15) is 17.5 Å². The zero-order valence-corrected chi connectivity index (χ0v) is 27.7. The Kier molecular flexibility index (Phi) is 10.2. The molecule has 7 heteroatoms. The number of benzene rings is 5. The molecule has 0 aliphatic carbocycles. The summed E-state index contributed by atoms with van der Waals surface area (Å²) in [5, 5.41) is 16.1. The molecule has 0 heterocycles. The Hall–Kier alpha value is -4.88. The fourth-order valence-electron chi connectivity index (χ4n) is 5.08. The highest BCUT2D eigenvalue weighted by atomic mass is 79.9. The number of carboxylic acid groups (broad SMARTS) is 1. The fourth-order valence-corrected chi connectivity index (χ4v) is 5.44. The van der Waals surface area contributed by atoms with Gasteiger partial charge >= 0.3 is 5.97 Å². The number of carboxylic acids is 1. The zero-order valence-electron chi connectivity index (χ0n) is 26.1. The van der Waals surface area contributed by atoms with E-state index in [0.29, 0.717) is 17.8 Å². The van der Waals surface area contributed by atoms with Crippen LogP contribution in [0.3, 0.4) is 0 Å². The maximum absolute atomic E-state index is 13.5. The number of amides is 1. The van der Waals surface area contributed by atoms with Gasteiger partial charge in [0.2, 0.25) is 0 Å². The van der Waals surface area contributed by atoms with Gasteiger partial charge in [-0.15, -0.1) is 0 Å². The van der Waals surface area contributed by atoms with Crippen LogP contribution in [-0.4, -0.2) is 23.0 Å². The lowest BCUT2D eigenvalue weighted by atomic mass is 9.87. The molecule has 5 rings (SSSR count). The van der Waals surface area contributed by atoms with Gasteiger partial charge in [-0.05, 0) is 64.1 Å². The van der Waals surface area contributed by atoms with Crippen LogP contribution < -0.4 is 15.4 Å². The lowest BCUT2D eigenvalue weighted by Gasteiger charge is -2.20. The number of anilines is 1. The van der Waals surface area contributed by atoms with E-state index < -0.39 is 17.9 Å². The van der Waals surface area contributed by atoms with Crippen LogP contribution in [0.4, 0.5) is 5.69 Å². The molecule has 46 heavy (non-hydrogen) atoms. The summed E-state index contributed by atoms with van der Waals surface area (Å²) >= 11 is 3.45. The maximum Gasteiger partial charge on any atom is 0.326 e. The summed E-state index contributed by atoms with van der Waals surface area (Å²) in [6.07, 6.45) is 0.125. The third kappa shape index (κ3) is 8.43. The lowest BCUT2D eigenvalue weighted by molar-refractivity contribution is -0.139. The highest BCUT2D eigenvalue weighted by molar-refractivity contribution is 9.10. The first-order valence-corrected chi connectivity index (χ1v) is 15.9. The average molecular weight is 678 g/mol. The highest BCUT2D eigenvalue weighted by Gasteiger charge is 2.23. The Balaban J connectivity index is 1.27. The molecule has 1 atom stereocenters. The van der Waals surface area contributed by atoms with Crippen LogP contribution in [0.2, 0.25) is 0 Å². The van der Waals surface area contributed by atoms with Gasteiger partial charge in [-0.3, -0.25) is 4.79 Å². The molecule has 6 nitrogen and oxygen atoms in total. The van der Waals surface area contributed by atoms with E-state index in [-0.39, 0.29) is 11.8 Å². The first-order valence-electron chi connectivity index (χ1n) is 15.1. The first kappa shape index (κ1) is 32.5. The minimum absolute atomic E-state index is 0.0640. The molecule has 1 amide bonds. The van der Waals surface area contributed by atoms with Gasteiger partial charge in [0, 0.05) is 28.7 Å². The number of halogens is 1. The minimum atomic E-state index is -1.12. The van der Waals surface area contributed by atoms with Crippen LogP contribution >= 0.6 is 15.9 Å². The predicted molar refractivity (Wildman–Crippen MR) is 188 cm³/mol. The number of carbonyl (C=O) groups excluding carboxylic acids is 1. The molecule has 5 aromatic carbocycles. The normalized spacial score (nSPS) is 11.8. The van der Waals surface area contributed by atoms with Crippen molar-refractivity contribution < 1.29 is 19.4 Å². The van der Waals surface area contributed by atoms with E-state index >= 15 is 0 Å². The molecular weight excluding hydrogens is 640 g/mol. The van der Waals surface area contributed by atoms with Crippen LogP contribution in [0.5, 0.6) is 11.5 Å². The second-order valence-electron chi connectivity index (χ2n) is 12.2. The Bertz CT molecular complexity index is 1800. The summed E-state index contributed by atoms with van der Waals surface area (Å²) in [6, 6.07) is 37.6. The van der Waals surface area contributed by atoms with Crippen molar-refractivity contribution >= 4 is 33.5 Å². The van der Waals surface area contributed by atoms with E-state index in [1.807, 2.05) is 91.0 Å². The maximum atomic E-state index is 13.5. The van der Waals surface area contributed by atoms with Crippen molar-refractivity contribution in [2.24, 2.45) is 0 Å². The number of para-hydroxylation sites is 2. The molecule has 0 aliphatic heterocycles. The standard InChI is InChI=1S/C39H37BrN2O4/c1-39(2,3)29-19-15-27(16-20-29)25-41-34-22-21-30(40)24-33(34)37(43)42-35(38(44)45)23-26-13-17-28(18-14-26)32-11-7-8-12-36(32)46-31-9-5-4-6-10-31/h4-22,24,35,41H,23,25H2,1-3H3,(H,42,43)(H,44,45)/t35-/m0/s1. The van der Waals surface area contributed by atoms with Crippen LogP contribution in [0, 0.1) is 0 Å². The molecule has 0 spiro atoms. The summed E-state index contributed by atoms with van der Waals surface area (Å²) in [4.78, 5) is 25.7. The van der Waals surface area contributed by atoms with Crippen molar-refractivity contribution in [3.63, 3.8) is 0 Å². The monoisotopic (exact) mass is 676 g/mol. The second kappa shape index (κ2) is 14.5. The first-order chi connectivity index (χ1) is 22.1. The van der Waals surface area contributed by atoms with Gasteiger partial charge < -0.3 is 20.5 Å². The third-order valence-electron chi connectivity index (χ3n) is 7.70.